The second-order valence-electron chi connectivity index (χ2n) is 6.86. The van der Waals surface area contributed by atoms with E-state index in [1.165, 1.54) is 4.90 Å². The molecule has 3 amide bonds. The van der Waals surface area contributed by atoms with Gasteiger partial charge in [0.15, 0.2) is 6.61 Å². The number of likely N-dealkylation sites (tertiary alicyclic amines) is 1. The topological polar surface area (TPSA) is 79.0 Å². The largest absolute Gasteiger partial charge is 0.482 e. The lowest BCUT2D eigenvalue weighted by Gasteiger charge is -2.28. The van der Waals surface area contributed by atoms with Crippen LogP contribution in [-0.2, 0) is 9.59 Å². The van der Waals surface area contributed by atoms with Gasteiger partial charge in [0.2, 0.25) is 5.91 Å². The number of anilines is 2. The normalized spacial score (nSPS) is 15.8. The highest BCUT2D eigenvalue weighted by Gasteiger charge is 2.27. The molecule has 0 unspecified atom stereocenters. The number of hydrogen-bond acceptors (Lipinski definition) is 4. The van der Waals surface area contributed by atoms with Gasteiger partial charge in [-0.1, -0.05) is 12.1 Å². The van der Waals surface area contributed by atoms with E-state index in [0.29, 0.717) is 22.7 Å². The van der Waals surface area contributed by atoms with Crippen LogP contribution in [0.5, 0.6) is 5.75 Å². The third kappa shape index (κ3) is 3.69. The molecular formula is C21H21N3O4. The minimum atomic E-state index is -0.316. The summed E-state index contributed by atoms with van der Waals surface area (Å²) in [7, 11) is 0. The van der Waals surface area contributed by atoms with Crippen LogP contribution in [0.2, 0.25) is 0 Å². The van der Waals surface area contributed by atoms with Gasteiger partial charge in [-0.15, -0.1) is 0 Å². The van der Waals surface area contributed by atoms with E-state index in [2.05, 4.69) is 5.32 Å². The van der Waals surface area contributed by atoms with E-state index in [9.17, 15) is 14.4 Å². The molecule has 2 aromatic rings. The Hall–Kier alpha value is -3.35. The van der Waals surface area contributed by atoms with E-state index in [1.54, 1.807) is 42.5 Å². The van der Waals surface area contributed by atoms with Crippen LogP contribution < -0.4 is 15.0 Å². The number of benzene rings is 2. The highest BCUT2D eigenvalue weighted by atomic mass is 16.5. The molecule has 4 rings (SSSR count). The number of amides is 3. The van der Waals surface area contributed by atoms with Crippen molar-refractivity contribution in [3.05, 3.63) is 54.1 Å². The van der Waals surface area contributed by atoms with Gasteiger partial charge in [0.05, 0.1) is 5.69 Å². The zero-order valence-electron chi connectivity index (χ0n) is 15.4. The molecule has 2 aliphatic rings. The number of fused-ring (bicyclic) bond motifs is 1. The molecule has 1 saturated heterocycles. The van der Waals surface area contributed by atoms with Crippen molar-refractivity contribution in [1.82, 2.24) is 4.90 Å². The molecule has 144 valence electrons. The minimum Gasteiger partial charge on any atom is -0.482 e. The molecule has 1 fully saturated rings. The summed E-state index contributed by atoms with van der Waals surface area (Å²) in [6, 6.07) is 14.0. The molecule has 0 spiro atoms. The molecule has 0 aromatic heterocycles. The molecule has 0 radical (unpaired) electrons. The van der Waals surface area contributed by atoms with Gasteiger partial charge in [-0.2, -0.15) is 0 Å². The lowest BCUT2D eigenvalue weighted by molar-refractivity contribution is -0.123. The molecule has 2 heterocycles. The Morgan fingerprint density at radius 2 is 1.71 bits per heavy atom. The summed E-state index contributed by atoms with van der Waals surface area (Å²) in [6.45, 7) is 1.41. The van der Waals surface area contributed by atoms with Crippen molar-refractivity contribution in [3.63, 3.8) is 0 Å². The average molecular weight is 379 g/mol. The van der Waals surface area contributed by atoms with Gasteiger partial charge in [0, 0.05) is 24.3 Å². The number of nitrogens with zero attached hydrogens (tertiary/aromatic N) is 2. The Bertz CT molecular complexity index is 904. The molecule has 2 aliphatic heterocycles. The number of para-hydroxylation sites is 2. The highest BCUT2D eigenvalue weighted by molar-refractivity contribution is 6.05. The van der Waals surface area contributed by atoms with E-state index in [-0.39, 0.29) is 30.9 Å². The Labute approximate surface area is 162 Å². The number of hydrogen-bond donors (Lipinski definition) is 1. The van der Waals surface area contributed by atoms with E-state index in [1.807, 2.05) is 11.0 Å². The van der Waals surface area contributed by atoms with Crippen LogP contribution in [-0.4, -0.2) is 48.9 Å². The smallest absolute Gasteiger partial charge is 0.265 e. The summed E-state index contributed by atoms with van der Waals surface area (Å²) in [5, 5.41) is 2.78. The Morgan fingerprint density at radius 1 is 1.00 bits per heavy atom. The maximum Gasteiger partial charge on any atom is 0.265 e. The third-order valence-corrected chi connectivity index (χ3v) is 4.92. The van der Waals surface area contributed by atoms with E-state index in [4.69, 9.17) is 4.74 Å². The summed E-state index contributed by atoms with van der Waals surface area (Å²) in [6.07, 6.45) is 2.09. The van der Waals surface area contributed by atoms with Crippen LogP contribution in [0.15, 0.2) is 48.5 Å². The van der Waals surface area contributed by atoms with Gasteiger partial charge >= 0.3 is 0 Å². The lowest BCUT2D eigenvalue weighted by atomic mass is 10.2. The number of carbonyl (C=O) groups is 3. The second-order valence-corrected chi connectivity index (χ2v) is 6.86. The second kappa shape index (κ2) is 7.72. The van der Waals surface area contributed by atoms with Gasteiger partial charge in [-0.25, -0.2) is 0 Å². The van der Waals surface area contributed by atoms with Crippen LogP contribution in [0.4, 0.5) is 11.4 Å². The summed E-state index contributed by atoms with van der Waals surface area (Å²) < 4.78 is 5.38. The lowest BCUT2D eigenvalue weighted by Crippen LogP contribution is -2.43. The number of carbonyl (C=O) groups excluding carboxylic acids is 3. The predicted molar refractivity (Wildman–Crippen MR) is 104 cm³/mol. The first kappa shape index (κ1) is 18.0. The van der Waals surface area contributed by atoms with Crippen LogP contribution in [0.25, 0.3) is 0 Å². The van der Waals surface area contributed by atoms with E-state index >= 15 is 0 Å². The van der Waals surface area contributed by atoms with Crippen molar-refractivity contribution >= 4 is 29.1 Å². The summed E-state index contributed by atoms with van der Waals surface area (Å²) in [5.74, 6) is 0.0228. The predicted octanol–water partition coefficient (Wildman–Crippen LogP) is 2.29. The van der Waals surface area contributed by atoms with Crippen molar-refractivity contribution in [2.45, 2.75) is 12.8 Å². The molecule has 1 N–H and O–H groups in total. The first-order valence-electron chi connectivity index (χ1n) is 9.33. The Balaban J connectivity index is 1.40. The maximum absolute atomic E-state index is 12.4. The maximum atomic E-state index is 12.4. The number of ether oxygens (including phenoxy) is 1. The van der Waals surface area contributed by atoms with Crippen LogP contribution in [0.1, 0.15) is 23.2 Å². The molecular weight excluding hydrogens is 358 g/mol. The fourth-order valence-corrected chi connectivity index (χ4v) is 3.47. The van der Waals surface area contributed by atoms with E-state index < -0.39 is 0 Å². The first-order chi connectivity index (χ1) is 13.6. The fourth-order valence-electron chi connectivity index (χ4n) is 3.47. The van der Waals surface area contributed by atoms with Gasteiger partial charge in [-0.3, -0.25) is 19.3 Å². The van der Waals surface area contributed by atoms with Crippen molar-refractivity contribution in [3.8, 4) is 5.75 Å². The average Bonchev–Trinajstić information content (AvgIpc) is 3.25. The molecule has 7 nitrogen and oxygen atoms in total. The minimum absolute atomic E-state index is 0.0193. The summed E-state index contributed by atoms with van der Waals surface area (Å²) >= 11 is 0. The number of nitrogens with one attached hydrogen (secondary N) is 1. The molecule has 7 heteroatoms. The quantitative estimate of drug-likeness (QED) is 0.884. The van der Waals surface area contributed by atoms with Crippen LogP contribution in [0.3, 0.4) is 0 Å². The standard InChI is InChI=1S/C21H21N3O4/c25-19(13-24-17-5-1-2-6-18(17)28-14-20(24)26)22-16-9-7-15(8-10-16)21(27)23-11-3-4-12-23/h1-2,5-10H,3-4,11-14H2,(H,22,25). The Kier molecular flexibility index (Phi) is 4.97. The van der Waals surface area contributed by atoms with Crippen molar-refractivity contribution in [1.29, 1.82) is 0 Å². The summed E-state index contributed by atoms with van der Waals surface area (Å²) in [5.41, 5.74) is 1.77. The number of rotatable bonds is 4. The molecule has 0 bridgehead atoms. The van der Waals surface area contributed by atoms with Crippen LogP contribution >= 0.6 is 0 Å². The van der Waals surface area contributed by atoms with Crippen LogP contribution in [0, 0.1) is 0 Å². The van der Waals surface area contributed by atoms with Crippen molar-refractivity contribution < 1.29 is 19.1 Å². The molecule has 28 heavy (non-hydrogen) atoms. The molecule has 0 aliphatic carbocycles. The summed E-state index contributed by atoms with van der Waals surface area (Å²) in [4.78, 5) is 40.2. The van der Waals surface area contributed by atoms with Crippen molar-refractivity contribution in [2.75, 3.05) is 36.5 Å². The Morgan fingerprint density at radius 3 is 2.46 bits per heavy atom. The molecule has 2 aromatic carbocycles. The zero-order chi connectivity index (χ0) is 19.5. The monoisotopic (exact) mass is 379 g/mol. The van der Waals surface area contributed by atoms with E-state index in [0.717, 1.165) is 25.9 Å². The zero-order valence-corrected chi connectivity index (χ0v) is 15.4. The molecule has 0 saturated carbocycles. The van der Waals surface area contributed by atoms with Gasteiger partial charge in [0.1, 0.15) is 12.3 Å². The first-order valence-corrected chi connectivity index (χ1v) is 9.33. The molecule has 0 atom stereocenters. The highest BCUT2D eigenvalue weighted by Crippen LogP contribution is 2.31. The van der Waals surface area contributed by atoms with Gasteiger partial charge in [-0.05, 0) is 49.2 Å². The van der Waals surface area contributed by atoms with Crippen molar-refractivity contribution in [2.24, 2.45) is 0 Å². The van der Waals surface area contributed by atoms with Gasteiger partial charge in [0.25, 0.3) is 11.8 Å². The van der Waals surface area contributed by atoms with Gasteiger partial charge < -0.3 is 15.0 Å². The third-order valence-electron chi connectivity index (χ3n) is 4.92. The fraction of sp³-hybridized carbons (Fsp3) is 0.286. The SMILES string of the molecule is O=C(CN1C(=O)COc2ccccc21)Nc1ccc(C(=O)N2CCCC2)cc1.